The number of anilines is 2. The summed E-state index contributed by atoms with van der Waals surface area (Å²) in [4.78, 5) is 19.3. The number of nitrogens with zero attached hydrogens (tertiary/aromatic N) is 4. The number of hydrogen-bond donors (Lipinski definition) is 4. The number of fused-ring (bicyclic) bond motifs is 1. The Hall–Kier alpha value is -2.41. The SMILES string of the molecule is CCS(=O)(=O)C(C)(C)[C@H]1C[C@@H](Nc2nc(NC3CCC3)nc(C)c2-c2nc3c(C4CC4)nccc3s2)[C@H](O)[C@@H]1O. The van der Waals surface area contributed by atoms with Crippen LogP contribution in [-0.2, 0) is 9.84 Å². The van der Waals surface area contributed by atoms with Crippen LogP contribution in [0, 0.1) is 12.8 Å². The molecule has 4 atom stereocenters. The molecule has 0 saturated heterocycles. The van der Waals surface area contributed by atoms with Gasteiger partial charge in [-0.2, -0.15) is 4.98 Å². The van der Waals surface area contributed by atoms with Gasteiger partial charge in [-0.25, -0.2) is 18.4 Å². The van der Waals surface area contributed by atoms with Crippen molar-refractivity contribution in [1.29, 1.82) is 0 Å². The van der Waals surface area contributed by atoms with Crippen LogP contribution in [0.4, 0.5) is 11.8 Å². The summed E-state index contributed by atoms with van der Waals surface area (Å²) >= 11 is 1.56. The van der Waals surface area contributed by atoms with E-state index in [0.29, 0.717) is 23.7 Å². The highest BCUT2D eigenvalue weighted by Gasteiger charge is 2.53. The first-order valence-corrected chi connectivity index (χ1v) is 16.7. The molecule has 0 radical (unpaired) electrons. The molecule has 0 bridgehead atoms. The maximum absolute atomic E-state index is 12.9. The smallest absolute Gasteiger partial charge is 0.225 e. The largest absolute Gasteiger partial charge is 0.390 e. The number of aliphatic hydroxyl groups excluding tert-OH is 2. The molecule has 4 N–H and O–H groups in total. The van der Waals surface area contributed by atoms with E-state index >= 15 is 0 Å². The van der Waals surface area contributed by atoms with E-state index in [4.69, 9.17) is 15.0 Å². The summed E-state index contributed by atoms with van der Waals surface area (Å²) in [6.07, 6.45) is 5.33. The first kappa shape index (κ1) is 27.7. The van der Waals surface area contributed by atoms with Crippen molar-refractivity contribution >= 4 is 43.2 Å². The third-order valence-electron chi connectivity index (χ3n) is 9.12. The molecule has 6 rings (SSSR count). The Bertz CT molecular complexity index is 1530. The molecule has 0 aromatic carbocycles. The Labute approximate surface area is 239 Å². The molecule has 0 amide bonds. The van der Waals surface area contributed by atoms with Gasteiger partial charge in [0, 0.05) is 29.8 Å². The van der Waals surface area contributed by atoms with Crippen LogP contribution < -0.4 is 10.6 Å². The summed E-state index contributed by atoms with van der Waals surface area (Å²) < 4.78 is 25.7. The van der Waals surface area contributed by atoms with Gasteiger partial charge in [0.2, 0.25) is 5.95 Å². The Morgan fingerprint density at radius 3 is 2.48 bits per heavy atom. The van der Waals surface area contributed by atoms with Crippen molar-refractivity contribution in [2.75, 3.05) is 16.4 Å². The topological polar surface area (TPSA) is 150 Å². The Morgan fingerprint density at radius 1 is 1.07 bits per heavy atom. The van der Waals surface area contributed by atoms with E-state index in [9.17, 15) is 18.6 Å². The minimum atomic E-state index is -3.48. The molecule has 40 heavy (non-hydrogen) atoms. The third kappa shape index (κ3) is 4.76. The number of rotatable bonds is 9. The lowest BCUT2D eigenvalue weighted by Crippen LogP contribution is -2.46. The molecule has 3 fully saturated rings. The van der Waals surface area contributed by atoms with Gasteiger partial charge in [-0.15, -0.1) is 11.3 Å². The number of sulfone groups is 1. The molecule has 0 unspecified atom stereocenters. The second kappa shape index (κ2) is 10.1. The third-order valence-corrected chi connectivity index (χ3v) is 12.8. The van der Waals surface area contributed by atoms with Crippen LogP contribution in [-0.4, -0.2) is 73.4 Å². The summed E-state index contributed by atoms with van der Waals surface area (Å²) in [5.41, 5.74) is 3.44. The van der Waals surface area contributed by atoms with E-state index in [-0.39, 0.29) is 12.2 Å². The molecule has 10 nitrogen and oxygen atoms in total. The van der Waals surface area contributed by atoms with Gasteiger partial charge in [0.25, 0.3) is 0 Å². The van der Waals surface area contributed by atoms with E-state index in [0.717, 1.165) is 57.9 Å². The normalized spacial score (nSPS) is 25.8. The molecular weight excluding hydrogens is 548 g/mol. The zero-order valence-corrected chi connectivity index (χ0v) is 25.0. The summed E-state index contributed by atoms with van der Waals surface area (Å²) in [6, 6.07) is 1.71. The number of aliphatic hydroxyl groups is 2. The molecular formula is C28H38N6O4S2. The maximum atomic E-state index is 12.9. The number of aromatic nitrogens is 4. The number of hydrogen-bond acceptors (Lipinski definition) is 11. The number of pyridine rings is 1. The van der Waals surface area contributed by atoms with Gasteiger partial charge in [-0.1, -0.05) is 6.92 Å². The van der Waals surface area contributed by atoms with Crippen molar-refractivity contribution in [2.24, 2.45) is 5.92 Å². The standard InChI is InChI=1S/C28H38N6O4S2/c1-5-40(37,38)28(3,4)17-13-18(24(36)23(17)35)32-25-20(14(2)30-27(34-25)31-16-7-6-8-16)26-33-22-19(39-26)11-12-29-21(22)15-9-10-15/h11-12,15-18,23-24,35-36H,5-10,13H2,1-4H3,(H2,30,31,32,34)/t17-,18+,23+,24-/m0/s1. The van der Waals surface area contributed by atoms with Crippen molar-refractivity contribution in [3.05, 3.63) is 23.7 Å². The fraction of sp³-hybridized carbons (Fsp3) is 0.643. The summed E-state index contributed by atoms with van der Waals surface area (Å²) in [5.74, 6) is 0.810. The van der Waals surface area contributed by atoms with Gasteiger partial charge < -0.3 is 20.8 Å². The minimum absolute atomic E-state index is 0.0296. The van der Waals surface area contributed by atoms with E-state index in [1.165, 1.54) is 6.42 Å². The van der Waals surface area contributed by atoms with Gasteiger partial charge in [0.05, 0.1) is 38.5 Å². The fourth-order valence-corrected chi connectivity index (χ4v) is 8.52. The van der Waals surface area contributed by atoms with E-state index < -0.39 is 38.8 Å². The summed E-state index contributed by atoms with van der Waals surface area (Å²) in [7, 11) is -3.48. The second-order valence-electron chi connectivity index (χ2n) is 12.0. The molecule has 0 spiro atoms. The van der Waals surface area contributed by atoms with Crippen molar-refractivity contribution in [2.45, 2.75) is 101 Å². The zero-order valence-electron chi connectivity index (χ0n) is 23.4. The quantitative estimate of drug-likeness (QED) is 0.289. The highest BCUT2D eigenvalue weighted by molar-refractivity contribution is 7.92. The lowest BCUT2D eigenvalue weighted by molar-refractivity contribution is 0.0105. The molecule has 12 heteroatoms. The van der Waals surface area contributed by atoms with Crippen LogP contribution in [0.15, 0.2) is 12.3 Å². The molecule has 3 aliphatic carbocycles. The summed E-state index contributed by atoms with van der Waals surface area (Å²) in [5, 5.41) is 29.7. The van der Waals surface area contributed by atoms with Crippen LogP contribution in [0.25, 0.3) is 20.8 Å². The van der Waals surface area contributed by atoms with E-state index in [2.05, 4.69) is 15.6 Å². The average molecular weight is 587 g/mol. The molecule has 0 aliphatic heterocycles. The highest BCUT2D eigenvalue weighted by Crippen LogP contribution is 2.45. The number of thiazole rings is 1. The highest BCUT2D eigenvalue weighted by atomic mass is 32.2. The van der Waals surface area contributed by atoms with Gasteiger partial charge >= 0.3 is 0 Å². The van der Waals surface area contributed by atoms with Gasteiger partial charge in [-0.05, 0) is 65.4 Å². The average Bonchev–Trinajstić information content (AvgIpc) is 3.58. The van der Waals surface area contributed by atoms with Gasteiger partial charge in [-0.3, -0.25) is 4.98 Å². The molecule has 3 heterocycles. The van der Waals surface area contributed by atoms with Gasteiger partial charge in [0.15, 0.2) is 9.84 Å². The predicted molar refractivity (Wildman–Crippen MR) is 157 cm³/mol. The van der Waals surface area contributed by atoms with E-state index in [1.54, 1.807) is 32.1 Å². The molecule has 3 aliphatic rings. The van der Waals surface area contributed by atoms with E-state index in [1.807, 2.05) is 19.2 Å². The first-order valence-electron chi connectivity index (χ1n) is 14.3. The predicted octanol–water partition coefficient (Wildman–Crippen LogP) is 4.03. The maximum Gasteiger partial charge on any atom is 0.225 e. The van der Waals surface area contributed by atoms with Crippen LogP contribution >= 0.6 is 11.3 Å². The second-order valence-corrected chi connectivity index (χ2v) is 15.9. The fourth-order valence-electron chi connectivity index (χ4n) is 6.02. The van der Waals surface area contributed by atoms with Crippen molar-refractivity contribution < 1.29 is 18.6 Å². The van der Waals surface area contributed by atoms with Crippen molar-refractivity contribution in [3.63, 3.8) is 0 Å². The molecule has 3 saturated carbocycles. The monoisotopic (exact) mass is 586 g/mol. The van der Waals surface area contributed by atoms with Crippen LogP contribution in [0.2, 0.25) is 0 Å². The lowest BCUT2D eigenvalue weighted by Gasteiger charge is -2.33. The van der Waals surface area contributed by atoms with Crippen LogP contribution in [0.5, 0.6) is 0 Å². The Morgan fingerprint density at radius 2 is 1.82 bits per heavy atom. The van der Waals surface area contributed by atoms with Crippen molar-refractivity contribution in [1.82, 2.24) is 19.9 Å². The molecule has 3 aromatic rings. The Balaban J connectivity index is 1.38. The molecule has 3 aromatic heterocycles. The minimum Gasteiger partial charge on any atom is -0.390 e. The molecule has 216 valence electrons. The van der Waals surface area contributed by atoms with Crippen molar-refractivity contribution in [3.8, 4) is 10.6 Å². The van der Waals surface area contributed by atoms with Crippen LogP contribution in [0.1, 0.15) is 76.6 Å². The number of nitrogens with one attached hydrogen (secondary N) is 2. The summed E-state index contributed by atoms with van der Waals surface area (Å²) in [6.45, 7) is 6.82. The zero-order chi connectivity index (χ0) is 28.4. The van der Waals surface area contributed by atoms with Gasteiger partial charge in [0.1, 0.15) is 22.4 Å². The first-order chi connectivity index (χ1) is 19.0. The number of aryl methyl sites for hydroxylation is 1. The Kier molecular flexibility index (Phi) is 7.04. The van der Waals surface area contributed by atoms with Crippen LogP contribution in [0.3, 0.4) is 0 Å². The lowest BCUT2D eigenvalue weighted by atomic mass is 9.91.